The molecule has 2 rings (SSSR count). The van der Waals surface area contributed by atoms with Gasteiger partial charge in [0.15, 0.2) is 6.61 Å². The minimum Gasteiger partial charge on any atom is -0.454 e. The Balaban J connectivity index is 1.68. The monoisotopic (exact) mass is 391 g/mol. The van der Waals surface area contributed by atoms with Gasteiger partial charge in [0.1, 0.15) is 6.54 Å². The molecule has 1 N–H and O–H groups in total. The van der Waals surface area contributed by atoms with Crippen LogP contribution in [0.4, 0.5) is 0 Å². The fraction of sp³-hybridized carbons (Fsp3) is 0.474. The Hall–Kier alpha value is -2.94. The number of nitrogens with one attached hydrogen (secondary N) is 1. The zero-order valence-electron chi connectivity index (χ0n) is 16.1. The average Bonchev–Trinajstić information content (AvgIpc) is 2.70. The van der Waals surface area contributed by atoms with Crippen LogP contribution in [0, 0.1) is 6.92 Å². The molecule has 1 fully saturated rings. The van der Waals surface area contributed by atoms with Gasteiger partial charge in [0.2, 0.25) is 5.91 Å². The molecule has 152 valence electrons. The van der Waals surface area contributed by atoms with Crippen molar-refractivity contribution in [2.45, 2.75) is 6.92 Å². The molecule has 9 nitrogen and oxygen atoms in total. The molecule has 1 heterocycles. The van der Waals surface area contributed by atoms with Crippen LogP contribution in [0.25, 0.3) is 0 Å². The molecule has 1 aromatic rings. The standard InChI is InChI=1S/C19H25N3O6/c1-14-4-3-5-15(10-14)19(26)20-11-18(25)28-13-17(24)21(2)12-16(23)22-6-8-27-9-7-22/h3-5,10H,6-9,11-13H2,1-2H3,(H,20,26). The quantitative estimate of drug-likeness (QED) is 0.634. The van der Waals surface area contributed by atoms with Crippen molar-refractivity contribution < 1.29 is 28.7 Å². The Kier molecular flexibility index (Phi) is 7.94. The van der Waals surface area contributed by atoms with Crippen LogP contribution in [0.5, 0.6) is 0 Å². The molecule has 1 saturated heterocycles. The Morgan fingerprint density at radius 2 is 1.93 bits per heavy atom. The van der Waals surface area contributed by atoms with Gasteiger partial charge in [-0.2, -0.15) is 0 Å². The number of likely N-dealkylation sites (N-methyl/N-ethyl adjacent to an activating group) is 1. The maximum Gasteiger partial charge on any atom is 0.325 e. The second kappa shape index (κ2) is 10.4. The normalized spacial score (nSPS) is 13.6. The lowest BCUT2D eigenvalue weighted by Gasteiger charge is -2.28. The van der Waals surface area contributed by atoms with Crippen molar-refractivity contribution in [1.29, 1.82) is 0 Å². The highest BCUT2D eigenvalue weighted by atomic mass is 16.5. The number of esters is 1. The van der Waals surface area contributed by atoms with E-state index in [1.165, 1.54) is 11.9 Å². The summed E-state index contributed by atoms with van der Waals surface area (Å²) in [5.41, 5.74) is 1.36. The molecule has 0 saturated carbocycles. The molecule has 9 heteroatoms. The number of nitrogens with zero attached hydrogens (tertiary/aromatic N) is 2. The van der Waals surface area contributed by atoms with Gasteiger partial charge < -0.3 is 24.6 Å². The van der Waals surface area contributed by atoms with Gasteiger partial charge in [0.05, 0.1) is 19.8 Å². The molecule has 0 spiro atoms. The van der Waals surface area contributed by atoms with E-state index in [4.69, 9.17) is 9.47 Å². The van der Waals surface area contributed by atoms with Crippen molar-refractivity contribution in [1.82, 2.24) is 15.1 Å². The molecule has 0 unspecified atom stereocenters. The summed E-state index contributed by atoms with van der Waals surface area (Å²) in [6.45, 7) is 2.87. The molecule has 1 aliphatic heterocycles. The topological polar surface area (TPSA) is 105 Å². The molecular formula is C19H25N3O6. The van der Waals surface area contributed by atoms with Crippen LogP contribution in [-0.4, -0.2) is 86.5 Å². The maximum atomic E-state index is 12.1. The van der Waals surface area contributed by atoms with E-state index >= 15 is 0 Å². The van der Waals surface area contributed by atoms with E-state index in [-0.39, 0.29) is 19.0 Å². The number of rotatable bonds is 7. The van der Waals surface area contributed by atoms with Gasteiger partial charge in [-0.3, -0.25) is 19.2 Å². The van der Waals surface area contributed by atoms with Crippen LogP contribution in [0.3, 0.4) is 0 Å². The summed E-state index contributed by atoms with van der Waals surface area (Å²) < 4.78 is 10.1. The summed E-state index contributed by atoms with van der Waals surface area (Å²) in [7, 11) is 1.47. The summed E-state index contributed by atoms with van der Waals surface area (Å²) in [6, 6.07) is 6.94. The van der Waals surface area contributed by atoms with Crippen LogP contribution in [0.1, 0.15) is 15.9 Å². The van der Waals surface area contributed by atoms with Gasteiger partial charge >= 0.3 is 5.97 Å². The largest absolute Gasteiger partial charge is 0.454 e. The lowest BCUT2D eigenvalue weighted by Crippen LogP contribution is -2.46. The lowest BCUT2D eigenvalue weighted by atomic mass is 10.1. The number of amides is 3. The Morgan fingerprint density at radius 3 is 2.61 bits per heavy atom. The van der Waals surface area contributed by atoms with Gasteiger partial charge in [-0.15, -0.1) is 0 Å². The highest BCUT2D eigenvalue weighted by Gasteiger charge is 2.21. The SMILES string of the molecule is Cc1cccc(C(=O)NCC(=O)OCC(=O)N(C)CC(=O)N2CCOCC2)c1. The van der Waals surface area contributed by atoms with Crippen molar-refractivity contribution in [2.24, 2.45) is 0 Å². The third kappa shape index (κ3) is 6.66. The minimum absolute atomic E-state index is 0.0967. The molecule has 0 radical (unpaired) electrons. The second-order valence-electron chi connectivity index (χ2n) is 6.46. The van der Waals surface area contributed by atoms with Crippen LogP contribution in [-0.2, 0) is 23.9 Å². The summed E-state index contributed by atoms with van der Waals surface area (Å²) in [6.07, 6.45) is 0. The van der Waals surface area contributed by atoms with E-state index in [9.17, 15) is 19.2 Å². The smallest absolute Gasteiger partial charge is 0.325 e. The summed E-state index contributed by atoms with van der Waals surface area (Å²) in [4.78, 5) is 50.7. The number of ether oxygens (including phenoxy) is 2. The number of hydrogen-bond donors (Lipinski definition) is 1. The molecule has 0 aliphatic carbocycles. The fourth-order valence-electron chi connectivity index (χ4n) is 2.55. The van der Waals surface area contributed by atoms with Crippen molar-refractivity contribution in [3.05, 3.63) is 35.4 Å². The van der Waals surface area contributed by atoms with E-state index < -0.39 is 24.4 Å². The fourth-order valence-corrected chi connectivity index (χ4v) is 2.55. The Labute approximate surface area is 163 Å². The van der Waals surface area contributed by atoms with Crippen LogP contribution in [0.2, 0.25) is 0 Å². The third-order valence-electron chi connectivity index (χ3n) is 4.19. The van der Waals surface area contributed by atoms with Gasteiger partial charge in [-0.05, 0) is 19.1 Å². The lowest BCUT2D eigenvalue weighted by molar-refractivity contribution is -0.152. The highest BCUT2D eigenvalue weighted by Crippen LogP contribution is 2.03. The van der Waals surface area contributed by atoms with E-state index in [0.717, 1.165) is 5.56 Å². The average molecular weight is 391 g/mol. The Morgan fingerprint density at radius 1 is 1.21 bits per heavy atom. The zero-order chi connectivity index (χ0) is 20.5. The number of morpholine rings is 1. The van der Waals surface area contributed by atoms with E-state index in [1.54, 1.807) is 23.1 Å². The van der Waals surface area contributed by atoms with Crippen LogP contribution in [0.15, 0.2) is 24.3 Å². The van der Waals surface area contributed by atoms with Gasteiger partial charge in [0.25, 0.3) is 11.8 Å². The van der Waals surface area contributed by atoms with Crippen molar-refractivity contribution >= 4 is 23.7 Å². The van der Waals surface area contributed by atoms with Gasteiger partial charge in [-0.1, -0.05) is 17.7 Å². The molecule has 0 bridgehead atoms. The van der Waals surface area contributed by atoms with Gasteiger partial charge in [-0.25, -0.2) is 0 Å². The summed E-state index contributed by atoms with van der Waals surface area (Å²) >= 11 is 0. The number of carbonyl (C=O) groups is 4. The molecule has 1 aliphatic rings. The molecule has 0 atom stereocenters. The minimum atomic E-state index is -0.734. The maximum absolute atomic E-state index is 12.1. The predicted molar refractivity (Wildman–Crippen MR) is 99.5 cm³/mol. The number of carbonyl (C=O) groups excluding carboxylic acids is 4. The second-order valence-corrected chi connectivity index (χ2v) is 6.46. The Bertz CT molecular complexity index is 730. The first-order valence-electron chi connectivity index (χ1n) is 8.97. The number of aryl methyl sites for hydroxylation is 1. The van der Waals surface area contributed by atoms with E-state index in [0.29, 0.717) is 31.9 Å². The van der Waals surface area contributed by atoms with Crippen molar-refractivity contribution in [3.63, 3.8) is 0 Å². The first-order valence-corrected chi connectivity index (χ1v) is 8.97. The summed E-state index contributed by atoms with van der Waals surface area (Å²) in [5, 5.41) is 2.44. The zero-order valence-corrected chi connectivity index (χ0v) is 16.1. The molecule has 3 amide bonds. The number of hydrogen-bond acceptors (Lipinski definition) is 6. The summed E-state index contributed by atoms with van der Waals surface area (Å²) in [5.74, 6) is -1.82. The van der Waals surface area contributed by atoms with Crippen LogP contribution >= 0.6 is 0 Å². The molecule has 28 heavy (non-hydrogen) atoms. The predicted octanol–water partition coefficient (Wildman–Crippen LogP) is -0.415. The first-order chi connectivity index (χ1) is 13.4. The molecule has 1 aromatic carbocycles. The number of benzene rings is 1. The molecular weight excluding hydrogens is 366 g/mol. The van der Waals surface area contributed by atoms with E-state index in [2.05, 4.69) is 5.32 Å². The van der Waals surface area contributed by atoms with Crippen molar-refractivity contribution in [3.8, 4) is 0 Å². The van der Waals surface area contributed by atoms with Gasteiger partial charge in [0, 0.05) is 25.7 Å². The highest BCUT2D eigenvalue weighted by molar-refractivity contribution is 5.96. The first kappa shape index (κ1) is 21.4. The van der Waals surface area contributed by atoms with Crippen LogP contribution < -0.4 is 5.32 Å². The van der Waals surface area contributed by atoms with E-state index in [1.807, 2.05) is 13.0 Å². The van der Waals surface area contributed by atoms with Crippen molar-refractivity contribution in [2.75, 3.05) is 53.0 Å². The third-order valence-corrected chi connectivity index (χ3v) is 4.19. The molecule has 0 aromatic heterocycles.